The Morgan fingerprint density at radius 2 is 0.746 bits per heavy atom. The lowest BCUT2D eigenvalue weighted by molar-refractivity contribution is 0.670. The number of benzene rings is 11. The molecule has 0 N–H and O–H groups in total. The number of para-hydroxylation sites is 3. The molecule has 0 aliphatic heterocycles. The van der Waals surface area contributed by atoms with Gasteiger partial charge in [0.1, 0.15) is 11.2 Å². The van der Waals surface area contributed by atoms with Crippen LogP contribution in [0.1, 0.15) is 22.3 Å². The molecular weight excluding hydrogens is 763 g/mol. The van der Waals surface area contributed by atoms with Crippen molar-refractivity contribution in [1.29, 1.82) is 0 Å². The summed E-state index contributed by atoms with van der Waals surface area (Å²) in [5.41, 5.74) is 17.1. The maximum Gasteiger partial charge on any atom is 0.143 e. The largest absolute Gasteiger partial charge is 0.455 e. The average Bonchev–Trinajstić information content (AvgIpc) is 3.99. The lowest BCUT2D eigenvalue weighted by Gasteiger charge is -2.36. The fourth-order valence-corrected chi connectivity index (χ4v) is 11.6. The molecular formula is C61H37NO. The van der Waals surface area contributed by atoms with Crippen molar-refractivity contribution in [1.82, 2.24) is 0 Å². The van der Waals surface area contributed by atoms with Crippen LogP contribution in [0, 0.1) is 0 Å². The molecule has 12 aromatic rings. The van der Waals surface area contributed by atoms with Gasteiger partial charge in [0.05, 0.1) is 16.8 Å². The predicted octanol–water partition coefficient (Wildman–Crippen LogP) is 16.5. The number of hydrogen-bond acceptors (Lipinski definition) is 2. The van der Waals surface area contributed by atoms with Crippen LogP contribution >= 0.6 is 0 Å². The van der Waals surface area contributed by atoms with Crippen LogP contribution in [0.2, 0.25) is 0 Å². The number of fused-ring (bicyclic) bond motifs is 19. The van der Waals surface area contributed by atoms with E-state index < -0.39 is 5.41 Å². The molecule has 292 valence electrons. The Labute approximate surface area is 364 Å². The van der Waals surface area contributed by atoms with Gasteiger partial charge in [-0.1, -0.05) is 194 Å². The summed E-state index contributed by atoms with van der Waals surface area (Å²) in [6, 6.07) is 82.9. The van der Waals surface area contributed by atoms with Crippen molar-refractivity contribution in [3.63, 3.8) is 0 Å². The monoisotopic (exact) mass is 799 g/mol. The minimum Gasteiger partial charge on any atom is -0.455 e. The summed E-state index contributed by atoms with van der Waals surface area (Å²) in [7, 11) is 0. The first-order valence-corrected chi connectivity index (χ1v) is 21.8. The molecule has 0 bridgehead atoms. The zero-order valence-corrected chi connectivity index (χ0v) is 34.2. The van der Waals surface area contributed by atoms with Crippen LogP contribution in [0.25, 0.3) is 87.6 Å². The van der Waals surface area contributed by atoms with Gasteiger partial charge in [-0.15, -0.1) is 0 Å². The molecule has 2 aliphatic carbocycles. The molecule has 2 aliphatic rings. The van der Waals surface area contributed by atoms with E-state index in [1.807, 2.05) is 0 Å². The molecule has 1 spiro atoms. The summed E-state index contributed by atoms with van der Waals surface area (Å²) in [4.78, 5) is 2.55. The maximum atomic E-state index is 6.78. The second kappa shape index (κ2) is 12.9. The van der Waals surface area contributed by atoms with Crippen LogP contribution in [0.15, 0.2) is 229 Å². The highest BCUT2D eigenvalue weighted by molar-refractivity contribution is 6.26. The van der Waals surface area contributed by atoms with Gasteiger partial charge in [-0.2, -0.15) is 0 Å². The molecule has 0 amide bonds. The molecule has 1 heterocycles. The topological polar surface area (TPSA) is 16.4 Å². The molecule has 11 aromatic carbocycles. The predicted molar refractivity (Wildman–Crippen MR) is 263 cm³/mol. The summed E-state index contributed by atoms with van der Waals surface area (Å²) >= 11 is 0. The molecule has 0 unspecified atom stereocenters. The summed E-state index contributed by atoms with van der Waals surface area (Å²) in [5, 5.41) is 9.74. The van der Waals surface area contributed by atoms with Crippen molar-refractivity contribution in [2.24, 2.45) is 0 Å². The van der Waals surface area contributed by atoms with Gasteiger partial charge in [-0.3, -0.25) is 0 Å². The number of furan rings is 1. The number of rotatable bonds is 4. The van der Waals surface area contributed by atoms with Gasteiger partial charge in [-0.05, 0) is 102 Å². The van der Waals surface area contributed by atoms with Crippen molar-refractivity contribution < 1.29 is 4.42 Å². The zero-order chi connectivity index (χ0) is 41.2. The van der Waals surface area contributed by atoms with Crippen molar-refractivity contribution in [2.45, 2.75) is 5.41 Å². The molecule has 2 heteroatoms. The standard InChI is InChI=1S/C61H37NO/c1-2-19-41-39(17-1)40-18-3-4-20-42(40)52-37-38(35-36-43(41)52)62(56-32-13-8-24-47(56)50-27-15-28-51-48-25-9-14-34-58(48)63-60(50)51)57-33-16-26-49-46-23-7-12-31-55(46)61(59(49)57)53-29-10-5-21-44(53)45-22-6-11-30-54(45)61/h1-37H. The van der Waals surface area contributed by atoms with Crippen LogP contribution in [-0.4, -0.2) is 0 Å². The highest BCUT2D eigenvalue weighted by Crippen LogP contribution is 2.65. The van der Waals surface area contributed by atoms with E-state index in [2.05, 4.69) is 229 Å². The van der Waals surface area contributed by atoms with Crippen molar-refractivity contribution in [3.8, 4) is 33.4 Å². The molecule has 0 saturated heterocycles. The molecule has 1 aromatic heterocycles. The molecule has 14 rings (SSSR count). The fourth-order valence-electron chi connectivity index (χ4n) is 11.6. The van der Waals surface area contributed by atoms with Crippen LogP contribution in [0.3, 0.4) is 0 Å². The summed E-state index contributed by atoms with van der Waals surface area (Å²) in [6.07, 6.45) is 0. The number of nitrogens with zero attached hydrogens (tertiary/aromatic N) is 1. The highest BCUT2D eigenvalue weighted by Gasteiger charge is 2.53. The Hall–Kier alpha value is -8.20. The molecule has 0 saturated carbocycles. The van der Waals surface area contributed by atoms with Gasteiger partial charge in [0.15, 0.2) is 0 Å². The first-order chi connectivity index (χ1) is 31.3. The summed E-state index contributed by atoms with van der Waals surface area (Å²) in [5.74, 6) is 0. The van der Waals surface area contributed by atoms with Crippen LogP contribution in [0.4, 0.5) is 17.1 Å². The lowest BCUT2D eigenvalue weighted by Crippen LogP contribution is -2.28. The quantitative estimate of drug-likeness (QED) is 0.165. The SMILES string of the molecule is c1ccc(N(c2ccc3c4ccccc4c4ccccc4c3c2)c2cccc3c2C2(c4ccccc4-c4ccccc42)c2ccccc2-3)c(-c2cccc3c2oc2ccccc23)c1. The smallest absolute Gasteiger partial charge is 0.143 e. The lowest BCUT2D eigenvalue weighted by atomic mass is 9.70. The first-order valence-electron chi connectivity index (χ1n) is 21.8. The Morgan fingerprint density at radius 3 is 1.41 bits per heavy atom. The maximum absolute atomic E-state index is 6.78. The van der Waals surface area contributed by atoms with Gasteiger partial charge >= 0.3 is 0 Å². The molecule has 0 radical (unpaired) electrons. The molecule has 2 nitrogen and oxygen atoms in total. The number of anilines is 3. The third kappa shape index (κ3) is 4.57. The van der Waals surface area contributed by atoms with Gasteiger partial charge < -0.3 is 9.32 Å². The molecule has 0 fully saturated rings. The van der Waals surface area contributed by atoms with Gasteiger partial charge in [0.2, 0.25) is 0 Å². The van der Waals surface area contributed by atoms with E-state index in [0.717, 1.165) is 50.1 Å². The average molecular weight is 800 g/mol. The van der Waals surface area contributed by atoms with Crippen LogP contribution in [-0.2, 0) is 5.41 Å². The van der Waals surface area contributed by atoms with E-state index in [4.69, 9.17) is 4.42 Å². The first kappa shape index (κ1) is 34.5. The van der Waals surface area contributed by atoms with Gasteiger partial charge in [0, 0.05) is 33.2 Å². The fraction of sp³-hybridized carbons (Fsp3) is 0.0164. The van der Waals surface area contributed by atoms with E-state index in [9.17, 15) is 0 Å². The Bertz CT molecular complexity index is 3790. The van der Waals surface area contributed by atoms with E-state index >= 15 is 0 Å². The normalized spacial score (nSPS) is 13.2. The Kier molecular flexibility index (Phi) is 7.07. The summed E-state index contributed by atoms with van der Waals surface area (Å²) in [6.45, 7) is 0. The summed E-state index contributed by atoms with van der Waals surface area (Å²) < 4.78 is 6.78. The van der Waals surface area contributed by atoms with Crippen molar-refractivity contribution in [2.75, 3.05) is 4.90 Å². The van der Waals surface area contributed by atoms with E-state index in [0.29, 0.717) is 0 Å². The van der Waals surface area contributed by atoms with E-state index in [1.165, 1.54) is 76.8 Å². The van der Waals surface area contributed by atoms with Crippen LogP contribution < -0.4 is 4.90 Å². The Balaban J connectivity index is 1.13. The molecule has 63 heavy (non-hydrogen) atoms. The second-order valence-electron chi connectivity index (χ2n) is 17.0. The van der Waals surface area contributed by atoms with Crippen molar-refractivity contribution in [3.05, 3.63) is 247 Å². The van der Waals surface area contributed by atoms with Crippen molar-refractivity contribution >= 4 is 71.3 Å². The third-order valence-electron chi connectivity index (χ3n) is 14.1. The minimum atomic E-state index is -0.554. The second-order valence-corrected chi connectivity index (χ2v) is 17.0. The minimum absolute atomic E-state index is 0.554. The third-order valence-corrected chi connectivity index (χ3v) is 14.1. The molecule has 0 atom stereocenters. The van der Waals surface area contributed by atoms with Crippen LogP contribution in [0.5, 0.6) is 0 Å². The van der Waals surface area contributed by atoms with E-state index in [1.54, 1.807) is 0 Å². The Morgan fingerprint density at radius 1 is 0.302 bits per heavy atom. The number of hydrogen-bond donors (Lipinski definition) is 0. The zero-order valence-electron chi connectivity index (χ0n) is 34.2. The van der Waals surface area contributed by atoms with E-state index in [-0.39, 0.29) is 0 Å². The van der Waals surface area contributed by atoms with Gasteiger partial charge in [0.25, 0.3) is 0 Å². The highest BCUT2D eigenvalue weighted by atomic mass is 16.3. The van der Waals surface area contributed by atoms with Gasteiger partial charge in [-0.25, -0.2) is 0 Å².